The largest absolute Gasteiger partial charge is 0.379 e. The van der Waals surface area contributed by atoms with E-state index in [2.05, 4.69) is 49.6 Å². The molecule has 1 amide bonds. The van der Waals surface area contributed by atoms with Crippen molar-refractivity contribution in [2.45, 2.75) is 57.0 Å². The summed E-state index contributed by atoms with van der Waals surface area (Å²) < 4.78 is 11.3. The number of aromatic amines is 1. The first-order valence-electron chi connectivity index (χ1n) is 15.2. The number of ether oxygens (including phenoxy) is 2. The zero-order valence-electron chi connectivity index (χ0n) is 23.4. The minimum Gasteiger partial charge on any atom is -0.379 e. The summed E-state index contributed by atoms with van der Waals surface area (Å²) in [5.41, 5.74) is 4.98. The van der Waals surface area contributed by atoms with Gasteiger partial charge in [0, 0.05) is 53.8 Å². The zero-order chi connectivity index (χ0) is 26.9. The Hall–Kier alpha value is -2.94. The highest BCUT2D eigenvalue weighted by atomic mass is 16.5. The molecule has 2 aromatic carbocycles. The van der Waals surface area contributed by atoms with Crippen molar-refractivity contribution in [2.24, 2.45) is 5.41 Å². The second kappa shape index (κ2) is 11.1. The van der Waals surface area contributed by atoms with Crippen LogP contribution < -0.4 is 10.2 Å². The van der Waals surface area contributed by atoms with E-state index in [0.29, 0.717) is 17.6 Å². The Morgan fingerprint density at radius 3 is 2.48 bits per heavy atom. The van der Waals surface area contributed by atoms with Crippen LogP contribution in [0.4, 0.5) is 5.69 Å². The number of nitrogens with one attached hydrogen (secondary N) is 2. The summed E-state index contributed by atoms with van der Waals surface area (Å²) in [5, 5.41) is 12.1. The van der Waals surface area contributed by atoms with E-state index in [1.54, 1.807) is 0 Å². The van der Waals surface area contributed by atoms with Crippen molar-refractivity contribution in [3.63, 3.8) is 0 Å². The van der Waals surface area contributed by atoms with Crippen LogP contribution in [-0.2, 0) is 9.47 Å². The van der Waals surface area contributed by atoms with Gasteiger partial charge in [-0.25, -0.2) is 0 Å². The maximum absolute atomic E-state index is 13.4. The van der Waals surface area contributed by atoms with Crippen LogP contribution >= 0.6 is 0 Å². The summed E-state index contributed by atoms with van der Waals surface area (Å²) in [6, 6.07) is 15.6. The Kier molecular flexibility index (Phi) is 7.24. The summed E-state index contributed by atoms with van der Waals surface area (Å²) in [7, 11) is 0. The molecule has 212 valence electrons. The molecule has 40 heavy (non-hydrogen) atoms. The van der Waals surface area contributed by atoms with Crippen LogP contribution in [0.2, 0.25) is 0 Å². The molecular formula is C32H41N5O3. The highest BCUT2D eigenvalue weighted by Crippen LogP contribution is 2.38. The van der Waals surface area contributed by atoms with Gasteiger partial charge in [0.25, 0.3) is 5.91 Å². The molecule has 3 aromatic rings. The lowest BCUT2D eigenvalue weighted by Gasteiger charge is -2.42. The molecule has 2 N–H and O–H groups in total. The number of morpholine rings is 2. The molecule has 8 heteroatoms. The van der Waals surface area contributed by atoms with Crippen molar-refractivity contribution in [1.29, 1.82) is 0 Å². The van der Waals surface area contributed by atoms with Gasteiger partial charge in [-0.3, -0.25) is 14.8 Å². The van der Waals surface area contributed by atoms with Crippen LogP contribution in [0.5, 0.6) is 0 Å². The molecule has 2 atom stereocenters. The average molecular weight is 544 g/mol. The topological polar surface area (TPSA) is 82.7 Å². The van der Waals surface area contributed by atoms with Crippen LogP contribution in [-0.4, -0.2) is 85.7 Å². The van der Waals surface area contributed by atoms with E-state index in [4.69, 9.17) is 9.47 Å². The predicted octanol–water partition coefficient (Wildman–Crippen LogP) is 4.61. The van der Waals surface area contributed by atoms with Crippen LogP contribution in [0, 0.1) is 5.41 Å². The molecule has 4 heterocycles. The third kappa shape index (κ3) is 5.13. The lowest BCUT2D eigenvalue weighted by Crippen LogP contribution is -2.49. The van der Waals surface area contributed by atoms with Crippen LogP contribution in [0.1, 0.15) is 55.3 Å². The molecule has 8 nitrogen and oxygen atoms in total. The van der Waals surface area contributed by atoms with E-state index in [0.717, 1.165) is 74.8 Å². The number of carbonyl (C=O) groups excluding carboxylic acids is 1. The Morgan fingerprint density at radius 2 is 1.73 bits per heavy atom. The van der Waals surface area contributed by atoms with Crippen LogP contribution in [0.25, 0.3) is 22.2 Å². The number of aromatic nitrogens is 2. The lowest BCUT2D eigenvalue weighted by atomic mass is 9.73. The van der Waals surface area contributed by atoms with E-state index in [1.165, 1.54) is 50.6 Å². The van der Waals surface area contributed by atoms with Gasteiger partial charge in [-0.05, 0) is 56.0 Å². The number of hydrogen-bond donors (Lipinski definition) is 2. The van der Waals surface area contributed by atoms with Crippen LogP contribution in [0.15, 0.2) is 42.5 Å². The van der Waals surface area contributed by atoms with Gasteiger partial charge in [0.2, 0.25) is 0 Å². The lowest BCUT2D eigenvalue weighted by molar-refractivity contribution is 0.00728. The molecular weight excluding hydrogens is 502 g/mol. The second-order valence-electron chi connectivity index (χ2n) is 12.3. The van der Waals surface area contributed by atoms with E-state index in [9.17, 15) is 4.79 Å². The van der Waals surface area contributed by atoms with Gasteiger partial charge in [-0.2, -0.15) is 5.10 Å². The first-order valence-corrected chi connectivity index (χ1v) is 15.2. The maximum Gasteiger partial charge on any atom is 0.251 e. The number of rotatable bonds is 7. The number of benzene rings is 2. The number of anilines is 1. The summed E-state index contributed by atoms with van der Waals surface area (Å²) in [6.45, 7) is 7.02. The SMILES string of the molecule is O=C(NCC1(CN2CCOCC2)CCCCC1)c1ccc2[nH]nc(-c3ccc(N4C5CCC4COC5)cc3)c2c1. The average Bonchev–Trinajstić information content (AvgIpc) is 3.53. The van der Waals surface area contributed by atoms with Crippen LogP contribution in [0.3, 0.4) is 0 Å². The Balaban J connectivity index is 1.07. The molecule has 1 saturated carbocycles. The minimum absolute atomic E-state index is 0.000818. The smallest absolute Gasteiger partial charge is 0.251 e. The molecule has 2 bridgehead atoms. The van der Waals surface area contributed by atoms with Gasteiger partial charge >= 0.3 is 0 Å². The first kappa shape index (κ1) is 26.0. The van der Waals surface area contributed by atoms with E-state index in [-0.39, 0.29) is 11.3 Å². The van der Waals surface area contributed by atoms with E-state index in [1.807, 2.05) is 18.2 Å². The highest BCUT2D eigenvalue weighted by molar-refractivity contribution is 6.01. The van der Waals surface area contributed by atoms with Gasteiger partial charge in [0.1, 0.15) is 0 Å². The normalized spacial score (nSPS) is 24.9. The Bertz CT molecular complexity index is 1310. The van der Waals surface area contributed by atoms with Gasteiger partial charge in [0.05, 0.1) is 49.7 Å². The summed E-state index contributed by atoms with van der Waals surface area (Å²) in [5.74, 6) is -0.000818. The standard InChI is InChI=1S/C32H41N5O3/c38-31(33-21-32(12-2-1-3-13-32)22-36-14-16-39-17-15-36)24-6-11-29-28(18-24)30(35-34-29)23-4-7-25(8-5-23)37-26-9-10-27(37)20-40-19-26/h4-8,11,18,26-27H,1-3,9-10,12-17,19-22H2,(H,33,38)(H,34,35). The van der Waals surface area contributed by atoms with Gasteiger partial charge in [-0.15, -0.1) is 0 Å². The number of H-pyrrole nitrogens is 1. The van der Waals surface area contributed by atoms with Crippen molar-refractivity contribution in [3.05, 3.63) is 48.0 Å². The van der Waals surface area contributed by atoms with Crippen molar-refractivity contribution in [1.82, 2.24) is 20.4 Å². The summed E-state index contributed by atoms with van der Waals surface area (Å²) in [6.07, 6.45) is 8.56. The van der Waals surface area contributed by atoms with Crippen molar-refractivity contribution in [2.75, 3.05) is 57.5 Å². The quantitative estimate of drug-likeness (QED) is 0.453. The Labute approximate surface area is 236 Å². The summed E-state index contributed by atoms with van der Waals surface area (Å²) >= 11 is 0. The van der Waals surface area contributed by atoms with E-state index < -0.39 is 0 Å². The van der Waals surface area contributed by atoms with Gasteiger partial charge in [0.15, 0.2) is 0 Å². The van der Waals surface area contributed by atoms with Gasteiger partial charge in [-0.1, -0.05) is 31.4 Å². The molecule has 3 aliphatic heterocycles. The van der Waals surface area contributed by atoms with Crippen molar-refractivity contribution >= 4 is 22.5 Å². The van der Waals surface area contributed by atoms with Gasteiger partial charge < -0.3 is 19.7 Å². The monoisotopic (exact) mass is 543 g/mol. The van der Waals surface area contributed by atoms with Crippen molar-refractivity contribution < 1.29 is 14.3 Å². The third-order valence-corrected chi connectivity index (χ3v) is 9.71. The zero-order valence-corrected chi connectivity index (χ0v) is 23.4. The number of carbonyl (C=O) groups is 1. The fourth-order valence-electron chi connectivity index (χ4n) is 7.51. The highest BCUT2D eigenvalue weighted by Gasteiger charge is 2.37. The first-order chi connectivity index (χ1) is 19.7. The molecule has 7 rings (SSSR count). The second-order valence-corrected chi connectivity index (χ2v) is 12.3. The molecule has 4 aliphatic rings. The number of fused-ring (bicyclic) bond motifs is 3. The molecule has 0 spiro atoms. The predicted molar refractivity (Wildman–Crippen MR) is 157 cm³/mol. The molecule has 0 radical (unpaired) electrons. The van der Waals surface area contributed by atoms with E-state index >= 15 is 0 Å². The van der Waals surface area contributed by atoms with Crippen molar-refractivity contribution in [3.8, 4) is 11.3 Å². The maximum atomic E-state index is 13.4. The molecule has 3 saturated heterocycles. The molecule has 1 aromatic heterocycles. The fourth-order valence-corrected chi connectivity index (χ4v) is 7.51. The molecule has 1 aliphatic carbocycles. The number of amides is 1. The third-order valence-electron chi connectivity index (χ3n) is 9.71. The minimum atomic E-state index is -0.000818. The molecule has 2 unspecified atom stereocenters. The fraction of sp³-hybridized carbons (Fsp3) is 0.562. The molecule has 4 fully saturated rings. The number of hydrogen-bond acceptors (Lipinski definition) is 6. The summed E-state index contributed by atoms with van der Waals surface area (Å²) in [4.78, 5) is 18.5. The Morgan fingerprint density at radius 1 is 0.975 bits per heavy atom. The number of nitrogens with zero attached hydrogens (tertiary/aromatic N) is 3.